The molecule has 9 heteroatoms. The van der Waals surface area contributed by atoms with Gasteiger partial charge in [-0.2, -0.15) is 0 Å². The summed E-state index contributed by atoms with van der Waals surface area (Å²) in [7, 11) is 1.22. The van der Waals surface area contributed by atoms with E-state index in [1.165, 1.54) is 13.2 Å². The van der Waals surface area contributed by atoms with Crippen LogP contribution in [0.25, 0.3) is 22.3 Å². The van der Waals surface area contributed by atoms with Crippen LogP contribution in [-0.4, -0.2) is 38.6 Å². The minimum atomic E-state index is -0.993. The number of fused-ring (bicyclic) bond motifs is 1. The number of carbonyl (C=O) groups excluding carboxylic acids is 1. The van der Waals surface area contributed by atoms with Gasteiger partial charge in [0.1, 0.15) is 22.5 Å². The molecule has 3 aromatic carbocycles. The number of benzene rings is 3. The summed E-state index contributed by atoms with van der Waals surface area (Å²) >= 11 is 0. The van der Waals surface area contributed by atoms with Crippen LogP contribution in [0.1, 0.15) is 23.5 Å². The summed E-state index contributed by atoms with van der Waals surface area (Å²) in [6, 6.07) is 13.1. The molecule has 0 spiro atoms. The second kappa shape index (κ2) is 8.70. The van der Waals surface area contributed by atoms with E-state index in [1.807, 2.05) is 0 Å². The van der Waals surface area contributed by atoms with Crippen molar-refractivity contribution in [1.82, 2.24) is 0 Å². The third-order valence-corrected chi connectivity index (χ3v) is 5.53. The molecular weight excluding hydrogens is 444 g/mol. The summed E-state index contributed by atoms with van der Waals surface area (Å²) in [6.45, 7) is 0. The van der Waals surface area contributed by atoms with Gasteiger partial charge in [0.15, 0.2) is 17.3 Å². The Balaban J connectivity index is 2.08. The molecule has 0 saturated carbocycles. The van der Waals surface area contributed by atoms with Gasteiger partial charge in [-0.1, -0.05) is 30.3 Å². The Morgan fingerprint density at radius 1 is 0.912 bits per heavy atom. The maximum atomic E-state index is 13.0. The summed E-state index contributed by atoms with van der Waals surface area (Å²) in [5.41, 5.74) is -0.599. The molecule has 1 aromatic heterocycles. The highest BCUT2D eigenvalue weighted by molar-refractivity contribution is 5.92. The van der Waals surface area contributed by atoms with Crippen LogP contribution in [0.4, 0.5) is 0 Å². The van der Waals surface area contributed by atoms with Crippen molar-refractivity contribution >= 4 is 16.9 Å². The van der Waals surface area contributed by atoms with E-state index >= 15 is 0 Å². The fourth-order valence-electron chi connectivity index (χ4n) is 3.86. The highest BCUT2D eigenvalue weighted by atomic mass is 16.5. The number of aromatic hydroxyl groups is 5. The summed E-state index contributed by atoms with van der Waals surface area (Å²) in [6.07, 6.45) is -0.228. The first-order chi connectivity index (χ1) is 16.2. The Kier molecular flexibility index (Phi) is 5.77. The molecule has 0 aliphatic carbocycles. The summed E-state index contributed by atoms with van der Waals surface area (Å²) in [4.78, 5) is 25.3. The van der Waals surface area contributed by atoms with Crippen LogP contribution in [0, 0.1) is 0 Å². The number of rotatable bonds is 5. The average molecular weight is 464 g/mol. The van der Waals surface area contributed by atoms with Crippen LogP contribution in [0.15, 0.2) is 63.8 Å². The average Bonchev–Trinajstić information content (AvgIpc) is 2.82. The van der Waals surface area contributed by atoms with Crippen LogP contribution in [0.5, 0.6) is 28.7 Å². The maximum absolute atomic E-state index is 13.0. The number of ether oxygens (including phenoxy) is 1. The van der Waals surface area contributed by atoms with E-state index in [1.54, 1.807) is 30.3 Å². The fourth-order valence-corrected chi connectivity index (χ4v) is 3.86. The van der Waals surface area contributed by atoms with Gasteiger partial charge in [-0.15, -0.1) is 0 Å². The molecule has 1 atom stereocenters. The third-order valence-electron chi connectivity index (χ3n) is 5.53. The monoisotopic (exact) mass is 464 g/mol. The SMILES string of the molecule is COC(=O)CC(c1ccccc1)c1c(O)cc(O)c2c(=O)c(O)c(-c3ccc(O)c(O)c3)oc12. The molecule has 5 N–H and O–H groups in total. The van der Waals surface area contributed by atoms with Crippen molar-refractivity contribution in [3.63, 3.8) is 0 Å². The Bertz CT molecular complexity index is 1460. The molecule has 0 bridgehead atoms. The first-order valence-corrected chi connectivity index (χ1v) is 10.1. The second-order valence-corrected chi connectivity index (χ2v) is 7.59. The number of phenolic OH excluding ortho intramolecular Hbond substituents is 4. The molecule has 0 radical (unpaired) electrons. The van der Waals surface area contributed by atoms with Gasteiger partial charge in [0.05, 0.1) is 13.5 Å². The minimum Gasteiger partial charge on any atom is -0.507 e. The number of methoxy groups -OCH3 is 1. The number of phenols is 4. The predicted molar refractivity (Wildman–Crippen MR) is 121 cm³/mol. The molecule has 0 aliphatic rings. The molecule has 34 heavy (non-hydrogen) atoms. The van der Waals surface area contributed by atoms with E-state index in [-0.39, 0.29) is 28.9 Å². The van der Waals surface area contributed by atoms with Crippen molar-refractivity contribution in [3.8, 4) is 40.1 Å². The fraction of sp³-hybridized carbons (Fsp3) is 0.120. The van der Waals surface area contributed by atoms with E-state index in [9.17, 15) is 35.1 Å². The van der Waals surface area contributed by atoms with Crippen LogP contribution < -0.4 is 5.43 Å². The molecule has 9 nitrogen and oxygen atoms in total. The quantitative estimate of drug-likeness (QED) is 0.219. The Morgan fingerprint density at radius 2 is 1.62 bits per heavy atom. The standard InChI is InChI=1S/C25H20O9/c1-33-19(30)10-14(12-5-3-2-4-6-12)20-17(28)11-18(29)21-22(31)23(32)24(34-25(20)21)13-7-8-15(26)16(27)9-13/h2-9,11,14,26-29,32H,10H2,1H3. The Morgan fingerprint density at radius 3 is 2.26 bits per heavy atom. The van der Waals surface area contributed by atoms with Gasteiger partial charge >= 0.3 is 5.97 Å². The van der Waals surface area contributed by atoms with Gasteiger partial charge < -0.3 is 34.7 Å². The van der Waals surface area contributed by atoms with Gasteiger partial charge in [0, 0.05) is 23.1 Å². The van der Waals surface area contributed by atoms with E-state index in [2.05, 4.69) is 0 Å². The zero-order valence-corrected chi connectivity index (χ0v) is 17.8. The number of esters is 1. The van der Waals surface area contributed by atoms with Crippen molar-refractivity contribution in [1.29, 1.82) is 0 Å². The van der Waals surface area contributed by atoms with Crippen molar-refractivity contribution in [2.24, 2.45) is 0 Å². The summed E-state index contributed by atoms with van der Waals surface area (Å²) in [5, 5.41) is 50.8. The number of carbonyl (C=O) groups is 1. The molecule has 1 unspecified atom stereocenters. The van der Waals surface area contributed by atoms with Gasteiger partial charge in [0.2, 0.25) is 11.2 Å². The molecule has 4 aromatic rings. The lowest BCUT2D eigenvalue weighted by atomic mass is 9.86. The van der Waals surface area contributed by atoms with E-state index in [0.29, 0.717) is 5.56 Å². The maximum Gasteiger partial charge on any atom is 0.306 e. The van der Waals surface area contributed by atoms with E-state index in [4.69, 9.17) is 9.15 Å². The molecule has 4 rings (SSSR count). The van der Waals surface area contributed by atoms with Crippen LogP contribution in [0.3, 0.4) is 0 Å². The lowest BCUT2D eigenvalue weighted by Gasteiger charge is -2.20. The highest BCUT2D eigenvalue weighted by Gasteiger charge is 2.29. The van der Waals surface area contributed by atoms with E-state index in [0.717, 1.165) is 18.2 Å². The van der Waals surface area contributed by atoms with Crippen molar-refractivity contribution in [3.05, 3.63) is 75.9 Å². The summed E-state index contributed by atoms with van der Waals surface area (Å²) < 4.78 is 10.7. The van der Waals surface area contributed by atoms with Crippen LogP contribution in [-0.2, 0) is 9.53 Å². The molecule has 0 saturated heterocycles. The highest BCUT2D eigenvalue weighted by Crippen LogP contribution is 2.44. The lowest BCUT2D eigenvalue weighted by molar-refractivity contribution is -0.140. The number of hydrogen-bond acceptors (Lipinski definition) is 9. The van der Waals surface area contributed by atoms with Gasteiger partial charge in [-0.3, -0.25) is 9.59 Å². The first-order valence-electron chi connectivity index (χ1n) is 10.1. The Hall–Kier alpha value is -4.66. The van der Waals surface area contributed by atoms with Crippen molar-refractivity contribution in [2.75, 3.05) is 7.11 Å². The molecule has 0 aliphatic heterocycles. The molecule has 174 valence electrons. The summed E-state index contributed by atoms with van der Waals surface area (Å²) in [5.74, 6) is -4.69. The number of hydrogen-bond donors (Lipinski definition) is 5. The van der Waals surface area contributed by atoms with E-state index < -0.39 is 51.4 Å². The molecule has 1 heterocycles. The van der Waals surface area contributed by atoms with Gasteiger partial charge in [0.25, 0.3) is 0 Å². The predicted octanol–water partition coefficient (Wildman–Crippen LogP) is 3.68. The first kappa shape index (κ1) is 22.5. The third kappa shape index (κ3) is 3.83. The second-order valence-electron chi connectivity index (χ2n) is 7.59. The van der Waals surface area contributed by atoms with Crippen LogP contribution in [0.2, 0.25) is 0 Å². The minimum absolute atomic E-state index is 0.0192. The lowest BCUT2D eigenvalue weighted by Crippen LogP contribution is -2.12. The molecule has 0 amide bonds. The smallest absolute Gasteiger partial charge is 0.306 e. The molecular formula is C25H20O9. The topological polar surface area (TPSA) is 158 Å². The largest absolute Gasteiger partial charge is 0.507 e. The normalized spacial score (nSPS) is 11.9. The zero-order chi connectivity index (χ0) is 24.6. The van der Waals surface area contributed by atoms with Crippen molar-refractivity contribution < 1.29 is 39.5 Å². The zero-order valence-electron chi connectivity index (χ0n) is 17.8. The van der Waals surface area contributed by atoms with Crippen LogP contribution >= 0.6 is 0 Å². The molecule has 0 fully saturated rings. The van der Waals surface area contributed by atoms with Gasteiger partial charge in [-0.25, -0.2) is 0 Å². The van der Waals surface area contributed by atoms with Gasteiger partial charge in [-0.05, 0) is 23.8 Å². The Labute approximate surface area is 192 Å². The van der Waals surface area contributed by atoms with Crippen molar-refractivity contribution in [2.45, 2.75) is 12.3 Å².